The molecule has 1 unspecified atom stereocenters. The van der Waals surface area contributed by atoms with Gasteiger partial charge in [-0.25, -0.2) is 4.63 Å². The molecule has 10 heteroatoms. The van der Waals surface area contributed by atoms with E-state index in [0.29, 0.717) is 39.4 Å². The van der Waals surface area contributed by atoms with E-state index in [4.69, 9.17) is 10.5 Å². The normalized spacial score (nSPS) is 19.5. The number of anilines is 1. The number of carbonyl (C=O) groups excluding carboxylic acids is 2. The first kappa shape index (κ1) is 19.0. The van der Waals surface area contributed by atoms with Crippen molar-refractivity contribution in [2.75, 3.05) is 45.1 Å². The van der Waals surface area contributed by atoms with Crippen LogP contribution in [0.4, 0.5) is 5.82 Å². The van der Waals surface area contributed by atoms with Gasteiger partial charge < -0.3 is 20.3 Å². The number of nitrogens with two attached hydrogens (primary N) is 1. The summed E-state index contributed by atoms with van der Waals surface area (Å²) >= 11 is 1.53. The molecule has 0 aliphatic carbocycles. The predicted octanol–water partition coefficient (Wildman–Crippen LogP) is 1.97. The zero-order valence-corrected chi connectivity index (χ0v) is 17.1. The predicted molar refractivity (Wildman–Crippen MR) is 111 cm³/mol. The van der Waals surface area contributed by atoms with Crippen molar-refractivity contribution in [3.05, 3.63) is 40.4 Å². The summed E-state index contributed by atoms with van der Waals surface area (Å²) in [7, 11) is 0. The van der Waals surface area contributed by atoms with Gasteiger partial charge in [-0.3, -0.25) is 9.59 Å². The summed E-state index contributed by atoms with van der Waals surface area (Å²) in [4.78, 5) is 30.4. The molecule has 2 aliphatic heterocycles. The monoisotopic (exact) mass is 427 g/mol. The topological polar surface area (TPSA) is 115 Å². The lowest BCUT2D eigenvalue weighted by molar-refractivity contribution is 0.0305. The molecule has 2 amide bonds. The maximum absolute atomic E-state index is 13.3. The van der Waals surface area contributed by atoms with Crippen molar-refractivity contribution in [1.29, 1.82) is 0 Å². The van der Waals surface area contributed by atoms with Gasteiger partial charge in [-0.05, 0) is 33.8 Å². The Hall–Kier alpha value is -2.98. The molecule has 0 spiro atoms. The Labute approximate surface area is 176 Å². The van der Waals surface area contributed by atoms with Gasteiger partial charge in [-0.2, -0.15) is 0 Å². The van der Waals surface area contributed by atoms with Gasteiger partial charge in [-0.15, -0.1) is 11.3 Å². The van der Waals surface area contributed by atoms with Crippen LogP contribution < -0.4 is 5.73 Å². The molecule has 0 bridgehead atoms. The van der Waals surface area contributed by atoms with Crippen LogP contribution in [0.15, 0.2) is 28.9 Å². The van der Waals surface area contributed by atoms with Crippen molar-refractivity contribution in [3.8, 4) is 0 Å². The van der Waals surface area contributed by atoms with Gasteiger partial charge in [-0.1, -0.05) is 18.2 Å². The van der Waals surface area contributed by atoms with E-state index in [9.17, 15) is 9.59 Å². The van der Waals surface area contributed by atoms with Crippen LogP contribution in [0, 0.1) is 0 Å². The summed E-state index contributed by atoms with van der Waals surface area (Å²) in [6.45, 7) is 3.37. The number of hydrogen-bond donors (Lipinski definition) is 1. The fraction of sp³-hybridized carbons (Fsp3) is 0.400. The van der Waals surface area contributed by atoms with Crippen LogP contribution in [0.2, 0.25) is 0 Å². The average Bonchev–Trinajstić information content (AvgIpc) is 3.51. The quantitative estimate of drug-likeness (QED) is 0.679. The van der Waals surface area contributed by atoms with Crippen molar-refractivity contribution in [1.82, 2.24) is 20.1 Å². The SMILES string of the molecule is Nc1nonc1C(=O)N1CCC(c2c(C(=O)N3CCOCC3)sc3ccccc23)C1. The second-order valence-electron chi connectivity index (χ2n) is 7.48. The molecule has 3 aromatic rings. The highest BCUT2D eigenvalue weighted by Gasteiger charge is 2.35. The standard InChI is InChI=1S/C20H21N5O4S/c21-18-16(22-29-23-18)19(26)25-6-5-12(11-25)15-13-3-1-2-4-14(13)30-17(15)20(27)24-7-9-28-10-8-24/h1-4,12H,5-11H2,(H2,21,23). The maximum Gasteiger partial charge on any atom is 0.280 e. The van der Waals surface area contributed by atoms with Crippen molar-refractivity contribution < 1.29 is 19.0 Å². The molecule has 2 N–H and O–H groups in total. The summed E-state index contributed by atoms with van der Waals surface area (Å²) in [5, 5.41) is 8.21. The van der Waals surface area contributed by atoms with Crippen molar-refractivity contribution in [2.45, 2.75) is 12.3 Å². The zero-order chi connectivity index (χ0) is 20.7. The van der Waals surface area contributed by atoms with Crippen LogP contribution in [-0.4, -0.2) is 71.3 Å². The molecule has 0 radical (unpaired) electrons. The lowest BCUT2D eigenvalue weighted by Crippen LogP contribution is -2.40. The molecule has 2 saturated heterocycles. The minimum Gasteiger partial charge on any atom is -0.379 e. The number of hydrogen-bond acceptors (Lipinski definition) is 8. The fourth-order valence-electron chi connectivity index (χ4n) is 4.21. The van der Waals surface area contributed by atoms with Crippen LogP contribution in [0.1, 0.15) is 38.1 Å². The van der Waals surface area contributed by atoms with Crippen LogP contribution in [0.3, 0.4) is 0 Å². The second-order valence-corrected chi connectivity index (χ2v) is 8.53. The summed E-state index contributed by atoms with van der Waals surface area (Å²) in [6.07, 6.45) is 0.765. The highest BCUT2D eigenvalue weighted by atomic mass is 32.1. The molecule has 2 aromatic heterocycles. The summed E-state index contributed by atoms with van der Waals surface area (Å²) in [6, 6.07) is 8.07. The highest BCUT2D eigenvalue weighted by Crippen LogP contribution is 2.41. The Bertz CT molecular complexity index is 1100. The van der Waals surface area contributed by atoms with E-state index in [-0.39, 0.29) is 29.2 Å². The Morgan fingerprint density at radius 2 is 1.87 bits per heavy atom. The number of benzene rings is 1. The highest BCUT2D eigenvalue weighted by molar-refractivity contribution is 7.21. The Morgan fingerprint density at radius 1 is 1.07 bits per heavy atom. The molecule has 1 aromatic carbocycles. The molecule has 156 valence electrons. The van der Waals surface area contributed by atoms with Crippen molar-refractivity contribution >= 4 is 39.1 Å². The first-order chi connectivity index (χ1) is 14.6. The number of carbonyl (C=O) groups is 2. The lowest BCUT2D eigenvalue weighted by atomic mass is 9.94. The average molecular weight is 427 g/mol. The number of rotatable bonds is 3. The van der Waals surface area contributed by atoms with Gasteiger partial charge in [0.1, 0.15) is 0 Å². The molecule has 2 fully saturated rings. The molecule has 5 rings (SSSR count). The van der Waals surface area contributed by atoms with E-state index < -0.39 is 0 Å². The fourth-order valence-corrected chi connectivity index (χ4v) is 5.47. The molecular formula is C20H21N5O4S. The molecular weight excluding hydrogens is 406 g/mol. The number of likely N-dealkylation sites (tertiary alicyclic amines) is 1. The summed E-state index contributed by atoms with van der Waals surface area (Å²) in [5.41, 5.74) is 6.76. The first-order valence-corrected chi connectivity index (χ1v) is 10.7. The number of amides is 2. The van der Waals surface area contributed by atoms with E-state index in [1.807, 2.05) is 23.1 Å². The van der Waals surface area contributed by atoms with E-state index in [1.165, 1.54) is 11.3 Å². The van der Waals surface area contributed by atoms with Crippen molar-refractivity contribution in [3.63, 3.8) is 0 Å². The van der Waals surface area contributed by atoms with E-state index in [1.54, 1.807) is 4.90 Å². The molecule has 2 aliphatic rings. The van der Waals surface area contributed by atoms with Crippen LogP contribution in [0.25, 0.3) is 10.1 Å². The lowest BCUT2D eigenvalue weighted by Gasteiger charge is -2.27. The number of fused-ring (bicyclic) bond motifs is 1. The molecule has 1 atom stereocenters. The Kier molecular flexibility index (Phi) is 4.87. The number of morpholine rings is 1. The van der Waals surface area contributed by atoms with Crippen LogP contribution in [-0.2, 0) is 4.74 Å². The third-order valence-corrected chi connectivity index (χ3v) is 6.90. The van der Waals surface area contributed by atoms with Gasteiger partial charge in [0.2, 0.25) is 11.5 Å². The van der Waals surface area contributed by atoms with Gasteiger partial charge in [0.15, 0.2) is 0 Å². The van der Waals surface area contributed by atoms with Gasteiger partial charge in [0.25, 0.3) is 11.8 Å². The molecule has 0 saturated carbocycles. The second kappa shape index (κ2) is 7.69. The molecule has 4 heterocycles. The number of nitrogens with zero attached hydrogens (tertiary/aromatic N) is 4. The largest absolute Gasteiger partial charge is 0.379 e. The summed E-state index contributed by atoms with van der Waals surface area (Å²) in [5.74, 6) is -0.195. The third-order valence-electron chi connectivity index (χ3n) is 5.73. The Morgan fingerprint density at radius 3 is 2.63 bits per heavy atom. The van der Waals surface area contributed by atoms with Crippen LogP contribution in [0.5, 0.6) is 0 Å². The van der Waals surface area contributed by atoms with E-state index in [2.05, 4.69) is 21.0 Å². The number of aromatic nitrogens is 2. The van der Waals surface area contributed by atoms with E-state index in [0.717, 1.165) is 26.9 Å². The van der Waals surface area contributed by atoms with Gasteiger partial charge in [0, 0.05) is 36.8 Å². The number of ether oxygens (including phenoxy) is 1. The minimum absolute atomic E-state index is 0.00684. The Balaban J connectivity index is 1.47. The molecule has 30 heavy (non-hydrogen) atoms. The number of nitrogen functional groups attached to an aromatic ring is 1. The van der Waals surface area contributed by atoms with Gasteiger partial charge >= 0.3 is 0 Å². The zero-order valence-electron chi connectivity index (χ0n) is 16.2. The smallest absolute Gasteiger partial charge is 0.280 e. The van der Waals surface area contributed by atoms with E-state index >= 15 is 0 Å². The minimum atomic E-state index is -0.295. The third kappa shape index (κ3) is 3.21. The van der Waals surface area contributed by atoms with Crippen molar-refractivity contribution in [2.24, 2.45) is 0 Å². The van der Waals surface area contributed by atoms with Crippen LogP contribution >= 0.6 is 11.3 Å². The summed E-state index contributed by atoms with van der Waals surface area (Å²) < 4.78 is 11.0. The first-order valence-electron chi connectivity index (χ1n) is 9.89. The molecule has 9 nitrogen and oxygen atoms in total. The number of thiophene rings is 1. The maximum atomic E-state index is 13.3. The van der Waals surface area contributed by atoms with Gasteiger partial charge in [0.05, 0.1) is 18.1 Å².